The number of aromatic nitrogens is 2. The van der Waals surface area contributed by atoms with Crippen molar-refractivity contribution in [3.05, 3.63) is 64.8 Å². The largest absolute Gasteiger partial charge is 0.368 e. The maximum absolute atomic E-state index is 13.3. The first-order valence-electron chi connectivity index (χ1n) is 10.3. The minimum absolute atomic E-state index is 0.0726. The quantitative estimate of drug-likeness (QED) is 0.728. The molecule has 0 radical (unpaired) electrons. The van der Waals surface area contributed by atoms with Crippen LogP contribution in [0.3, 0.4) is 0 Å². The van der Waals surface area contributed by atoms with Crippen molar-refractivity contribution in [3.8, 4) is 0 Å². The van der Waals surface area contributed by atoms with Crippen LogP contribution in [0.2, 0.25) is 0 Å². The topological polar surface area (TPSA) is 92.4 Å². The Hall–Kier alpha value is -3.48. The normalized spacial score (nSPS) is 15.6. The van der Waals surface area contributed by atoms with Crippen LogP contribution in [-0.4, -0.2) is 44.7 Å². The van der Waals surface area contributed by atoms with Gasteiger partial charge in [0.25, 0.3) is 5.91 Å². The number of nitrogens with zero attached hydrogens (tertiary/aromatic N) is 4. The highest BCUT2D eigenvalue weighted by molar-refractivity contribution is 6.05. The molecule has 0 spiro atoms. The first-order valence-corrected chi connectivity index (χ1v) is 10.3. The third-order valence-corrected chi connectivity index (χ3v) is 5.92. The molecule has 3 heterocycles. The first kappa shape index (κ1) is 18.5. The van der Waals surface area contributed by atoms with E-state index in [4.69, 9.17) is 5.73 Å². The van der Waals surface area contributed by atoms with Crippen molar-refractivity contribution in [1.82, 2.24) is 19.8 Å². The molecule has 3 aromatic rings. The minimum atomic E-state index is -0.173. The molecule has 1 aromatic heterocycles. The molecule has 30 heavy (non-hydrogen) atoms. The highest BCUT2D eigenvalue weighted by Crippen LogP contribution is 2.27. The molecule has 2 aromatic carbocycles. The number of amides is 2. The third-order valence-electron chi connectivity index (χ3n) is 5.92. The molecular formula is C23H23N5O2. The van der Waals surface area contributed by atoms with Gasteiger partial charge in [0.15, 0.2) is 0 Å². The zero-order valence-electron chi connectivity index (χ0n) is 16.7. The molecule has 1 saturated heterocycles. The van der Waals surface area contributed by atoms with E-state index in [1.807, 2.05) is 47.4 Å². The molecule has 2 amide bonds. The molecular weight excluding hydrogens is 378 g/mol. The van der Waals surface area contributed by atoms with Crippen LogP contribution in [0.1, 0.15) is 40.0 Å². The maximum atomic E-state index is 13.3. The van der Waals surface area contributed by atoms with Gasteiger partial charge in [-0.05, 0) is 41.7 Å². The van der Waals surface area contributed by atoms with Crippen LogP contribution in [0.5, 0.6) is 0 Å². The van der Waals surface area contributed by atoms with E-state index >= 15 is 0 Å². The lowest BCUT2D eigenvalue weighted by Crippen LogP contribution is -2.29. The van der Waals surface area contributed by atoms with Gasteiger partial charge in [-0.15, -0.1) is 0 Å². The summed E-state index contributed by atoms with van der Waals surface area (Å²) in [5.41, 5.74) is 9.94. The number of likely N-dealkylation sites (tertiary alicyclic amines) is 1. The summed E-state index contributed by atoms with van der Waals surface area (Å²) in [7, 11) is 0. The molecule has 0 aliphatic carbocycles. The number of nitrogens with two attached hydrogens (primary N) is 1. The number of rotatable bonds is 3. The van der Waals surface area contributed by atoms with Gasteiger partial charge in [-0.1, -0.05) is 30.3 Å². The van der Waals surface area contributed by atoms with Crippen LogP contribution < -0.4 is 5.73 Å². The van der Waals surface area contributed by atoms with E-state index in [1.165, 1.54) is 0 Å². The van der Waals surface area contributed by atoms with Crippen molar-refractivity contribution in [2.75, 3.05) is 18.8 Å². The summed E-state index contributed by atoms with van der Waals surface area (Å²) in [6.07, 6.45) is 2.43. The molecule has 2 aliphatic heterocycles. The lowest BCUT2D eigenvalue weighted by atomic mass is 10.1. The Balaban J connectivity index is 1.46. The van der Waals surface area contributed by atoms with Crippen LogP contribution in [0.25, 0.3) is 10.9 Å². The van der Waals surface area contributed by atoms with Crippen molar-refractivity contribution in [2.24, 2.45) is 0 Å². The minimum Gasteiger partial charge on any atom is -0.368 e. The SMILES string of the molecule is Nc1nc(C(=O)N2Cc3ccccc3C2)c2cc(CC(=O)N3CCCC3)ccc2n1. The van der Waals surface area contributed by atoms with Crippen LogP contribution in [-0.2, 0) is 24.3 Å². The molecule has 152 valence electrons. The Kier molecular flexibility index (Phi) is 4.58. The van der Waals surface area contributed by atoms with E-state index in [0.717, 1.165) is 42.6 Å². The number of nitrogen functional groups attached to an aromatic ring is 1. The van der Waals surface area contributed by atoms with Crippen LogP contribution in [0, 0.1) is 0 Å². The van der Waals surface area contributed by atoms with Gasteiger partial charge in [-0.3, -0.25) is 9.59 Å². The van der Waals surface area contributed by atoms with Gasteiger partial charge < -0.3 is 15.5 Å². The second-order valence-electron chi connectivity index (χ2n) is 7.98. The summed E-state index contributed by atoms with van der Waals surface area (Å²) in [6.45, 7) is 2.75. The maximum Gasteiger partial charge on any atom is 0.273 e. The van der Waals surface area contributed by atoms with Crippen LogP contribution in [0.15, 0.2) is 42.5 Å². The summed E-state index contributed by atoms with van der Waals surface area (Å²) >= 11 is 0. The average Bonchev–Trinajstić information content (AvgIpc) is 3.43. The Morgan fingerprint density at radius 1 is 0.933 bits per heavy atom. The van der Waals surface area contributed by atoms with Gasteiger partial charge >= 0.3 is 0 Å². The molecule has 0 bridgehead atoms. The number of benzene rings is 2. The van der Waals surface area contributed by atoms with E-state index in [-0.39, 0.29) is 17.8 Å². The van der Waals surface area contributed by atoms with Crippen molar-refractivity contribution >= 4 is 28.7 Å². The fraction of sp³-hybridized carbons (Fsp3) is 0.304. The fourth-order valence-electron chi connectivity index (χ4n) is 4.35. The molecule has 2 N–H and O–H groups in total. The zero-order chi connectivity index (χ0) is 20.7. The van der Waals surface area contributed by atoms with Crippen molar-refractivity contribution in [3.63, 3.8) is 0 Å². The molecule has 0 saturated carbocycles. The van der Waals surface area contributed by atoms with E-state index < -0.39 is 0 Å². The standard InChI is InChI=1S/C23H23N5O2/c24-23-25-19-8-7-15(12-20(29)27-9-3-4-10-27)11-18(19)21(26-23)22(30)28-13-16-5-1-2-6-17(16)14-28/h1-2,5-8,11H,3-4,9-10,12-14H2,(H2,24,25,26). The lowest BCUT2D eigenvalue weighted by Gasteiger charge is -2.17. The molecule has 2 aliphatic rings. The summed E-state index contributed by atoms with van der Waals surface area (Å²) < 4.78 is 0. The second kappa shape index (κ2) is 7.40. The molecule has 0 unspecified atom stereocenters. The smallest absolute Gasteiger partial charge is 0.273 e. The Labute approximate surface area is 174 Å². The number of carbonyl (C=O) groups is 2. The van der Waals surface area contributed by atoms with Crippen molar-refractivity contribution in [1.29, 1.82) is 0 Å². The fourth-order valence-corrected chi connectivity index (χ4v) is 4.35. The first-order chi connectivity index (χ1) is 14.6. The van der Waals surface area contributed by atoms with Crippen LogP contribution in [0.4, 0.5) is 5.95 Å². The number of hydrogen-bond donors (Lipinski definition) is 1. The third kappa shape index (κ3) is 3.36. The van der Waals surface area contributed by atoms with Gasteiger partial charge in [0.05, 0.1) is 11.9 Å². The van der Waals surface area contributed by atoms with E-state index in [2.05, 4.69) is 9.97 Å². The van der Waals surface area contributed by atoms with Gasteiger partial charge in [0.1, 0.15) is 5.69 Å². The number of fused-ring (bicyclic) bond motifs is 2. The summed E-state index contributed by atoms with van der Waals surface area (Å²) in [4.78, 5) is 38.1. The molecule has 5 rings (SSSR count). The van der Waals surface area contributed by atoms with Gasteiger partial charge in [-0.25, -0.2) is 9.97 Å². The number of carbonyl (C=O) groups excluding carboxylic acids is 2. The van der Waals surface area contributed by atoms with Gasteiger partial charge in [0.2, 0.25) is 11.9 Å². The number of hydrogen-bond acceptors (Lipinski definition) is 5. The monoisotopic (exact) mass is 401 g/mol. The summed E-state index contributed by atoms with van der Waals surface area (Å²) in [5.74, 6) is 0.0165. The van der Waals surface area contributed by atoms with Gasteiger partial charge in [-0.2, -0.15) is 0 Å². The average molecular weight is 401 g/mol. The number of anilines is 1. The van der Waals surface area contributed by atoms with E-state index in [1.54, 1.807) is 4.90 Å². The van der Waals surface area contributed by atoms with Gasteiger partial charge in [0, 0.05) is 31.6 Å². The molecule has 0 atom stereocenters. The summed E-state index contributed by atoms with van der Waals surface area (Å²) in [5, 5.41) is 0.636. The Bertz CT molecular complexity index is 1130. The zero-order valence-corrected chi connectivity index (χ0v) is 16.7. The highest BCUT2D eigenvalue weighted by Gasteiger charge is 2.27. The predicted octanol–water partition coefficient (Wildman–Crippen LogP) is 2.53. The lowest BCUT2D eigenvalue weighted by molar-refractivity contribution is -0.129. The Morgan fingerprint density at radius 3 is 2.33 bits per heavy atom. The molecule has 1 fully saturated rings. The second-order valence-corrected chi connectivity index (χ2v) is 7.98. The Morgan fingerprint density at radius 2 is 1.63 bits per heavy atom. The molecule has 7 heteroatoms. The van der Waals surface area contributed by atoms with Crippen molar-refractivity contribution in [2.45, 2.75) is 32.4 Å². The van der Waals surface area contributed by atoms with E-state index in [0.29, 0.717) is 36.1 Å². The van der Waals surface area contributed by atoms with Crippen LogP contribution >= 0.6 is 0 Å². The molecule has 7 nitrogen and oxygen atoms in total. The predicted molar refractivity (Wildman–Crippen MR) is 113 cm³/mol. The van der Waals surface area contributed by atoms with Crippen molar-refractivity contribution < 1.29 is 9.59 Å². The summed E-state index contributed by atoms with van der Waals surface area (Å²) in [6, 6.07) is 13.6. The highest BCUT2D eigenvalue weighted by atomic mass is 16.2. The van der Waals surface area contributed by atoms with E-state index in [9.17, 15) is 9.59 Å².